The average Bonchev–Trinajstić information content (AvgIpc) is 2.84. The van der Waals surface area contributed by atoms with E-state index in [1.807, 2.05) is 6.07 Å². The van der Waals surface area contributed by atoms with E-state index in [1.165, 1.54) is 17.8 Å². The van der Waals surface area contributed by atoms with Gasteiger partial charge in [-0.15, -0.1) is 0 Å². The van der Waals surface area contributed by atoms with E-state index in [1.54, 1.807) is 6.20 Å². The zero-order valence-electron chi connectivity index (χ0n) is 8.75. The second-order valence-corrected chi connectivity index (χ2v) is 4.33. The number of aromatic nitrogens is 4. The van der Waals surface area contributed by atoms with Gasteiger partial charge in [0.15, 0.2) is 5.82 Å². The Morgan fingerprint density at radius 3 is 3.20 bits per heavy atom. The molecule has 2 N–H and O–H groups in total. The fraction of sp³-hybridized carbons (Fsp3) is 0.455. The molecule has 2 aromatic heterocycles. The van der Waals surface area contributed by atoms with Crippen LogP contribution in [0.15, 0.2) is 12.3 Å². The molecule has 15 heavy (non-hydrogen) atoms. The summed E-state index contributed by atoms with van der Waals surface area (Å²) in [5, 5.41) is 6.86. The lowest BCUT2D eigenvalue weighted by atomic mass is 9.92. The largest absolute Gasteiger partial charge is 0.340 e. The van der Waals surface area contributed by atoms with E-state index in [0.717, 1.165) is 30.3 Å². The van der Waals surface area contributed by atoms with Gasteiger partial charge in [0.2, 0.25) is 0 Å². The van der Waals surface area contributed by atoms with Crippen LogP contribution in [-0.2, 0) is 12.8 Å². The van der Waals surface area contributed by atoms with Crippen molar-refractivity contribution in [3.8, 4) is 11.5 Å². The van der Waals surface area contributed by atoms with Crippen LogP contribution in [0.1, 0.15) is 24.7 Å². The van der Waals surface area contributed by atoms with Crippen molar-refractivity contribution >= 4 is 0 Å². The third kappa shape index (κ3) is 1.46. The molecule has 0 amide bonds. The van der Waals surface area contributed by atoms with E-state index >= 15 is 0 Å². The highest BCUT2D eigenvalue weighted by atomic mass is 15.1. The van der Waals surface area contributed by atoms with Gasteiger partial charge in [0.1, 0.15) is 5.69 Å². The van der Waals surface area contributed by atoms with E-state index in [2.05, 4.69) is 27.1 Å². The Hall–Kier alpha value is -1.58. The van der Waals surface area contributed by atoms with Crippen molar-refractivity contribution in [1.29, 1.82) is 0 Å². The van der Waals surface area contributed by atoms with Crippen molar-refractivity contribution in [3.63, 3.8) is 0 Å². The van der Waals surface area contributed by atoms with Gasteiger partial charge in [0.25, 0.3) is 0 Å². The molecule has 0 aliphatic heterocycles. The third-order valence-corrected chi connectivity index (χ3v) is 3.05. The zero-order chi connectivity index (χ0) is 10.3. The molecule has 1 unspecified atom stereocenters. The van der Waals surface area contributed by atoms with Crippen LogP contribution in [0.2, 0.25) is 0 Å². The second kappa shape index (κ2) is 3.22. The first kappa shape index (κ1) is 8.71. The van der Waals surface area contributed by atoms with Crippen LogP contribution in [0.25, 0.3) is 11.5 Å². The van der Waals surface area contributed by atoms with Crippen LogP contribution in [0.4, 0.5) is 0 Å². The van der Waals surface area contributed by atoms with Crippen molar-refractivity contribution in [2.45, 2.75) is 26.2 Å². The lowest BCUT2D eigenvalue weighted by Gasteiger charge is -2.15. The number of rotatable bonds is 1. The van der Waals surface area contributed by atoms with Gasteiger partial charge in [-0.3, -0.25) is 5.10 Å². The van der Waals surface area contributed by atoms with Crippen LogP contribution in [0, 0.1) is 5.92 Å². The van der Waals surface area contributed by atoms with Gasteiger partial charge >= 0.3 is 0 Å². The topological polar surface area (TPSA) is 57.4 Å². The van der Waals surface area contributed by atoms with E-state index in [0.29, 0.717) is 0 Å². The summed E-state index contributed by atoms with van der Waals surface area (Å²) < 4.78 is 0. The zero-order valence-corrected chi connectivity index (χ0v) is 8.75. The van der Waals surface area contributed by atoms with Crippen LogP contribution in [0.3, 0.4) is 0 Å². The molecule has 1 atom stereocenters. The summed E-state index contributed by atoms with van der Waals surface area (Å²) in [7, 11) is 0. The van der Waals surface area contributed by atoms with E-state index < -0.39 is 0 Å². The molecule has 0 bridgehead atoms. The van der Waals surface area contributed by atoms with Gasteiger partial charge in [0.05, 0.1) is 5.69 Å². The first-order valence-electron chi connectivity index (χ1n) is 5.40. The molecule has 0 radical (unpaired) electrons. The number of aromatic amines is 2. The van der Waals surface area contributed by atoms with Gasteiger partial charge in [-0.1, -0.05) is 6.92 Å². The van der Waals surface area contributed by atoms with Crippen LogP contribution in [0.5, 0.6) is 0 Å². The minimum atomic E-state index is 0.771. The maximum absolute atomic E-state index is 4.60. The predicted molar refractivity (Wildman–Crippen MR) is 57.4 cm³/mol. The Labute approximate surface area is 88.1 Å². The number of imidazole rings is 1. The first-order valence-corrected chi connectivity index (χ1v) is 5.40. The third-order valence-electron chi connectivity index (χ3n) is 3.05. The molecule has 0 fully saturated rings. The summed E-state index contributed by atoms with van der Waals surface area (Å²) in [5.74, 6) is 1.69. The Balaban J connectivity index is 2.00. The van der Waals surface area contributed by atoms with Crippen molar-refractivity contribution in [3.05, 3.63) is 23.7 Å². The molecule has 0 aromatic carbocycles. The van der Waals surface area contributed by atoms with E-state index in [4.69, 9.17) is 0 Å². The highest BCUT2D eigenvalue weighted by Crippen LogP contribution is 2.25. The van der Waals surface area contributed by atoms with Gasteiger partial charge in [0, 0.05) is 11.9 Å². The maximum atomic E-state index is 4.60. The molecule has 2 heterocycles. The molecule has 1 aliphatic rings. The Kier molecular flexibility index (Phi) is 1.87. The number of fused-ring (bicyclic) bond motifs is 1. The van der Waals surface area contributed by atoms with Gasteiger partial charge < -0.3 is 4.98 Å². The Bertz CT molecular complexity index is 455. The Morgan fingerprint density at radius 1 is 1.47 bits per heavy atom. The number of hydrogen-bond acceptors (Lipinski definition) is 2. The minimum Gasteiger partial charge on any atom is -0.340 e. The fourth-order valence-electron chi connectivity index (χ4n) is 2.17. The molecule has 3 rings (SSSR count). The highest BCUT2D eigenvalue weighted by molar-refractivity contribution is 5.49. The SMILES string of the molecule is CC1CCc2nc(-c3ccn[nH]3)[nH]c2C1. The number of H-pyrrole nitrogens is 2. The number of aryl methyl sites for hydroxylation is 1. The van der Waals surface area contributed by atoms with Crippen molar-refractivity contribution in [1.82, 2.24) is 20.2 Å². The summed E-state index contributed by atoms with van der Waals surface area (Å²) in [6.45, 7) is 2.29. The quantitative estimate of drug-likeness (QED) is 0.742. The highest BCUT2D eigenvalue weighted by Gasteiger charge is 2.19. The molecule has 1 aliphatic carbocycles. The average molecular weight is 202 g/mol. The number of nitrogens with one attached hydrogen (secondary N) is 2. The maximum Gasteiger partial charge on any atom is 0.155 e. The Morgan fingerprint density at radius 2 is 2.40 bits per heavy atom. The summed E-state index contributed by atoms with van der Waals surface area (Å²) in [4.78, 5) is 7.98. The molecule has 0 saturated carbocycles. The number of nitrogens with zero attached hydrogens (tertiary/aromatic N) is 2. The van der Waals surface area contributed by atoms with Crippen LogP contribution in [-0.4, -0.2) is 20.2 Å². The second-order valence-electron chi connectivity index (χ2n) is 4.33. The van der Waals surface area contributed by atoms with Gasteiger partial charge in [-0.25, -0.2) is 4.98 Å². The van der Waals surface area contributed by atoms with Gasteiger partial charge in [-0.2, -0.15) is 5.10 Å². The normalized spacial score (nSPS) is 20.2. The van der Waals surface area contributed by atoms with Crippen molar-refractivity contribution in [2.75, 3.05) is 0 Å². The van der Waals surface area contributed by atoms with Crippen molar-refractivity contribution < 1.29 is 0 Å². The molecule has 4 heteroatoms. The first-order chi connectivity index (χ1) is 7.33. The molecule has 0 spiro atoms. The molecule has 2 aromatic rings. The van der Waals surface area contributed by atoms with E-state index in [-0.39, 0.29) is 0 Å². The van der Waals surface area contributed by atoms with Crippen LogP contribution < -0.4 is 0 Å². The fourth-order valence-corrected chi connectivity index (χ4v) is 2.17. The summed E-state index contributed by atoms with van der Waals surface area (Å²) in [6, 6.07) is 1.94. The molecular formula is C11H14N4. The van der Waals surface area contributed by atoms with Gasteiger partial charge in [-0.05, 0) is 31.2 Å². The summed E-state index contributed by atoms with van der Waals surface area (Å²) in [6.07, 6.45) is 5.22. The van der Waals surface area contributed by atoms with E-state index in [9.17, 15) is 0 Å². The lowest BCUT2D eigenvalue weighted by molar-refractivity contribution is 0.492. The van der Waals surface area contributed by atoms with Crippen molar-refractivity contribution in [2.24, 2.45) is 5.92 Å². The molecule has 0 saturated heterocycles. The lowest BCUT2D eigenvalue weighted by Crippen LogP contribution is -2.10. The standard InChI is InChI=1S/C11H14N4/c1-7-2-3-8-10(6-7)14-11(13-8)9-4-5-12-15-9/h4-5,7H,2-3,6H2,1H3,(H,12,15)(H,13,14). The van der Waals surface area contributed by atoms with Crippen LogP contribution >= 0.6 is 0 Å². The number of hydrogen-bond donors (Lipinski definition) is 2. The smallest absolute Gasteiger partial charge is 0.155 e. The predicted octanol–water partition coefficient (Wildman–Crippen LogP) is 1.92. The summed E-state index contributed by atoms with van der Waals surface area (Å²) >= 11 is 0. The molecule has 4 nitrogen and oxygen atoms in total. The monoisotopic (exact) mass is 202 g/mol. The molecule has 78 valence electrons. The molecular weight excluding hydrogens is 188 g/mol. The minimum absolute atomic E-state index is 0.771. The summed E-state index contributed by atoms with van der Waals surface area (Å²) in [5.41, 5.74) is 3.51.